The van der Waals surface area contributed by atoms with Gasteiger partial charge in [0, 0.05) is 6.54 Å². The van der Waals surface area contributed by atoms with E-state index in [2.05, 4.69) is 5.32 Å². The first-order valence-electron chi connectivity index (χ1n) is 8.43. The Labute approximate surface area is 152 Å². The van der Waals surface area contributed by atoms with Crippen LogP contribution in [0.15, 0.2) is 30.3 Å². The summed E-state index contributed by atoms with van der Waals surface area (Å²) in [5, 5.41) is 12.2. The van der Waals surface area contributed by atoms with Crippen LogP contribution in [0.3, 0.4) is 0 Å². The second-order valence-corrected chi connectivity index (χ2v) is 7.21. The Kier molecular flexibility index (Phi) is 6.42. The number of likely N-dealkylation sites (tertiary alicyclic amines) is 1. The highest BCUT2D eigenvalue weighted by Gasteiger charge is 2.40. The first kappa shape index (κ1) is 20.0. The van der Waals surface area contributed by atoms with Gasteiger partial charge in [-0.2, -0.15) is 0 Å². The number of nitrogens with one attached hydrogen (secondary N) is 1. The molecule has 1 aromatic carbocycles. The van der Waals surface area contributed by atoms with Crippen LogP contribution in [0.5, 0.6) is 0 Å². The Morgan fingerprint density at radius 1 is 1.27 bits per heavy atom. The van der Waals surface area contributed by atoms with Crippen LogP contribution in [0.2, 0.25) is 0 Å². The molecule has 2 unspecified atom stereocenters. The maximum Gasteiger partial charge on any atom is 0.410 e. The number of alkyl carbamates (subject to hydrolysis) is 1. The smallest absolute Gasteiger partial charge is 0.410 e. The first-order chi connectivity index (χ1) is 12.2. The van der Waals surface area contributed by atoms with Crippen molar-refractivity contribution in [2.75, 3.05) is 13.1 Å². The zero-order valence-electron chi connectivity index (χ0n) is 15.1. The second-order valence-electron chi connectivity index (χ2n) is 7.21. The van der Waals surface area contributed by atoms with Crippen molar-refractivity contribution < 1.29 is 28.6 Å². The van der Waals surface area contributed by atoms with Gasteiger partial charge in [-0.1, -0.05) is 30.3 Å². The highest BCUT2D eigenvalue weighted by Crippen LogP contribution is 2.18. The molecule has 26 heavy (non-hydrogen) atoms. The van der Waals surface area contributed by atoms with Gasteiger partial charge in [-0.15, -0.1) is 0 Å². The summed E-state index contributed by atoms with van der Waals surface area (Å²) in [4.78, 5) is 25.2. The average Bonchev–Trinajstić information content (AvgIpc) is 2.56. The van der Waals surface area contributed by atoms with Gasteiger partial charge in [0.1, 0.15) is 24.5 Å². The van der Waals surface area contributed by atoms with Crippen LogP contribution >= 0.6 is 0 Å². The molecule has 1 aliphatic rings. The number of hydrogen-bond acceptors (Lipinski definition) is 5. The van der Waals surface area contributed by atoms with Crippen LogP contribution in [0, 0.1) is 0 Å². The predicted octanol–water partition coefficient (Wildman–Crippen LogP) is 2.23. The zero-order chi connectivity index (χ0) is 19.3. The number of benzene rings is 1. The number of alkyl halides is 1. The molecule has 3 atom stereocenters. The lowest BCUT2D eigenvalue weighted by Crippen LogP contribution is -2.61. The van der Waals surface area contributed by atoms with Crippen LogP contribution in [-0.4, -0.2) is 59.2 Å². The molecule has 1 aromatic rings. The Hall–Kier alpha value is -2.35. The minimum atomic E-state index is -1.71. The molecule has 0 radical (unpaired) electrons. The quantitative estimate of drug-likeness (QED) is 0.854. The molecule has 144 valence electrons. The van der Waals surface area contributed by atoms with E-state index in [4.69, 9.17) is 9.47 Å². The molecule has 0 saturated carbocycles. The van der Waals surface area contributed by atoms with E-state index in [0.717, 1.165) is 5.56 Å². The number of aliphatic hydroxyl groups excluding tert-OH is 1. The van der Waals surface area contributed by atoms with Crippen molar-refractivity contribution >= 4 is 12.2 Å². The SMILES string of the molecule is CC(C)(C)OC(=O)N1CC(O)C(F)[C@H](NC(=O)OCc2ccccc2)C1. The van der Waals surface area contributed by atoms with Gasteiger partial charge in [-0.05, 0) is 26.3 Å². The van der Waals surface area contributed by atoms with E-state index in [1.807, 2.05) is 18.2 Å². The third kappa shape index (κ3) is 5.87. The molecule has 0 bridgehead atoms. The molecular weight excluding hydrogens is 343 g/mol. The summed E-state index contributed by atoms with van der Waals surface area (Å²) in [6, 6.07) is 7.95. The highest BCUT2D eigenvalue weighted by atomic mass is 19.1. The number of aliphatic hydroxyl groups is 1. The maximum absolute atomic E-state index is 14.2. The Morgan fingerprint density at radius 2 is 1.92 bits per heavy atom. The molecule has 2 amide bonds. The second kappa shape index (κ2) is 8.35. The van der Waals surface area contributed by atoms with Gasteiger partial charge in [0.15, 0.2) is 0 Å². The Bertz CT molecular complexity index is 620. The third-order valence-electron chi connectivity index (χ3n) is 3.74. The van der Waals surface area contributed by atoms with Crippen molar-refractivity contribution in [3.63, 3.8) is 0 Å². The fourth-order valence-corrected chi connectivity index (χ4v) is 2.52. The number of carbonyl (C=O) groups excluding carboxylic acids is 2. The summed E-state index contributed by atoms with van der Waals surface area (Å²) in [7, 11) is 0. The predicted molar refractivity (Wildman–Crippen MR) is 92.3 cm³/mol. The van der Waals surface area contributed by atoms with Crippen molar-refractivity contribution in [3.05, 3.63) is 35.9 Å². The monoisotopic (exact) mass is 368 g/mol. The van der Waals surface area contributed by atoms with Crippen LogP contribution in [0.1, 0.15) is 26.3 Å². The van der Waals surface area contributed by atoms with Crippen molar-refractivity contribution in [2.24, 2.45) is 0 Å². The molecule has 2 rings (SSSR count). The standard InChI is InChI=1S/C18H25FN2O5/c1-18(2,3)26-17(24)21-9-13(15(19)14(22)10-21)20-16(23)25-11-12-7-5-4-6-8-12/h4-8,13-15,22H,9-11H2,1-3H3,(H,20,23)/t13-,14?,15?/m1/s1. The van der Waals surface area contributed by atoms with Gasteiger partial charge in [0.05, 0.1) is 12.6 Å². The summed E-state index contributed by atoms with van der Waals surface area (Å²) >= 11 is 0. The molecule has 8 heteroatoms. The van der Waals surface area contributed by atoms with E-state index in [-0.39, 0.29) is 19.7 Å². The molecule has 2 N–H and O–H groups in total. The van der Waals surface area contributed by atoms with Crippen LogP contribution < -0.4 is 5.32 Å². The topological polar surface area (TPSA) is 88.1 Å². The van der Waals surface area contributed by atoms with Crippen molar-refractivity contribution in [1.82, 2.24) is 10.2 Å². The number of β-amino-alcohol motifs (C(OH)–C–C–N with tert-alkyl or cyclic N) is 1. The number of nitrogens with zero attached hydrogens (tertiary/aromatic N) is 1. The minimum Gasteiger partial charge on any atom is -0.445 e. The molecule has 1 aliphatic heterocycles. The molecule has 1 saturated heterocycles. The lowest BCUT2D eigenvalue weighted by atomic mass is 10.0. The molecular formula is C18H25FN2O5. The van der Waals surface area contributed by atoms with Crippen molar-refractivity contribution in [3.8, 4) is 0 Å². The van der Waals surface area contributed by atoms with Gasteiger partial charge < -0.3 is 24.8 Å². The van der Waals surface area contributed by atoms with E-state index in [1.165, 1.54) is 4.90 Å². The zero-order valence-corrected chi connectivity index (χ0v) is 15.1. The molecule has 0 spiro atoms. The molecule has 1 fully saturated rings. The fraction of sp³-hybridized carbons (Fsp3) is 0.556. The number of halogens is 1. The van der Waals surface area contributed by atoms with E-state index >= 15 is 0 Å². The van der Waals surface area contributed by atoms with Crippen molar-refractivity contribution in [2.45, 2.75) is 51.3 Å². The van der Waals surface area contributed by atoms with E-state index < -0.39 is 36.1 Å². The summed E-state index contributed by atoms with van der Waals surface area (Å²) in [6.45, 7) is 4.84. The summed E-state index contributed by atoms with van der Waals surface area (Å²) in [5.74, 6) is 0. The Morgan fingerprint density at radius 3 is 2.54 bits per heavy atom. The van der Waals surface area contributed by atoms with Gasteiger partial charge in [0.25, 0.3) is 0 Å². The van der Waals surface area contributed by atoms with E-state index in [9.17, 15) is 19.1 Å². The van der Waals surface area contributed by atoms with E-state index in [0.29, 0.717) is 0 Å². The minimum absolute atomic E-state index is 0.0364. The maximum atomic E-state index is 14.2. The number of piperidine rings is 1. The van der Waals surface area contributed by atoms with Crippen molar-refractivity contribution in [1.29, 1.82) is 0 Å². The largest absolute Gasteiger partial charge is 0.445 e. The Balaban J connectivity index is 1.91. The molecule has 0 aromatic heterocycles. The van der Waals surface area contributed by atoms with Crippen LogP contribution in [0.25, 0.3) is 0 Å². The fourth-order valence-electron chi connectivity index (χ4n) is 2.52. The average molecular weight is 368 g/mol. The van der Waals surface area contributed by atoms with Crippen LogP contribution in [-0.2, 0) is 16.1 Å². The van der Waals surface area contributed by atoms with Gasteiger partial charge >= 0.3 is 12.2 Å². The summed E-state index contributed by atoms with van der Waals surface area (Å²) in [6.07, 6.45) is -4.62. The number of ether oxygens (including phenoxy) is 2. The molecule has 7 nitrogen and oxygen atoms in total. The normalized spacial score (nSPS) is 23.3. The summed E-state index contributed by atoms with van der Waals surface area (Å²) in [5.41, 5.74) is 0.0742. The lowest BCUT2D eigenvalue weighted by Gasteiger charge is -2.38. The van der Waals surface area contributed by atoms with Gasteiger partial charge in [0.2, 0.25) is 0 Å². The number of hydrogen-bond donors (Lipinski definition) is 2. The molecule has 0 aliphatic carbocycles. The van der Waals surface area contributed by atoms with Crippen LogP contribution in [0.4, 0.5) is 14.0 Å². The summed E-state index contributed by atoms with van der Waals surface area (Å²) < 4.78 is 24.5. The van der Waals surface area contributed by atoms with E-state index in [1.54, 1.807) is 32.9 Å². The lowest BCUT2D eigenvalue weighted by molar-refractivity contribution is -0.0334. The third-order valence-corrected chi connectivity index (χ3v) is 3.74. The first-order valence-corrected chi connectivity index (χ1v) is 8.43. The highest BCUT2D eigenvalue weighted by molar-refractivity contribution is 5.70. The number of amides is 2. The number of rotatable bonds is 3. The van der Waals surface area contributed by atoms with Gasteiger partial charge in [-0.25, -0.2) is 14.0 Å². The van der Waals surface area contributed by atoms with Gasteiger partial charge in [-0.3, -0.25) is 0 Å². The number of carbonyl (C=O) groups is 2. The molecule has 1 heterocycles.